The topological polar surface area (TPSA) is 44.5 Å². The van der Waals surface area contributed by atoms with Crippen LogP contribution in [0.1, 0.15) is 29.0 Å². The highest BCUT2D eigenvalue weighted by atomic mass is 16.5. The van der Waals surface area contributed by atoms with Crippen molar-refractivity contribution in [3.63, 3.8) is 0 Å². The van der Waals surface area contributed by atoms with Gasteiger partial charge < -0.3 is 15.2 Å². The van der Waals surface area contributed by atoms with Crippen molar-refractivity contribution in [2.45, 2.75) is 25.8 Å². The first-order valence-corrected chi connectivity index (χ1v) is 7.42. The van der Waals surface area contributed by atoms with E-state index in [9.17, 15) is 0 Å². The first-order chi connectivity index (χ1) is 10.3. The Labute approximate surface area is 125 Å². The number of rotatable bonds is 4. The zero-order chi connectivity index (χ0) is 14.7. The highest BCUT2D eigenvalue weighted by Crippen LogP contribution is 2.34. The standard InChI is InChI=1S/C18H21NO2/c1-13-6-7-17(15(10-13)11-19)21-12-14-8-9-20-18-5-3-2-4-16(14)18/h2-7,10,14H,8-9,11-12,19H2,1H3. The third-order valence-corrected chi connectivity index (χ3v) is 3.96. The average molecular weight is 283 g/mol. The summed E-state index contributed by atoms with van der Waals surface area (Å²) in [5.41, 5.74) is 9.32. The van der Waals surface area contributed by atoms with Crippen LogP contribution in [-0.4, -0.2) is 13.2 Å². The summed E-state index contributed by atoms with van der Waals surface area (Å²) in [7, 11) is 0. The van der Waals surface area contributed by atoms with Gasteiger partial charge in [-0.1, -0.05) is 35.9 Å². The van der Waals surface area contributed by atoms with Crippen LogP contribution in [0.15, 0.2) is 42.5 Å². The van der Waals surface area contributed by atoms with E-state index in [1.165, 1.54) is 11.1 Å². The van der Waals surface area contributed by atoms with E-state index in [0.717, 1.165) is 30.1 Å². The van der Waals surface area contributed by atoms with Crippen molar-refractivity contribution in [1.29, 1.82) is 0 Å². The number of hydrogen-bond acceptors (Lipinski definition) is 3. The molecule has 2 N–H and O–H groups in total. The summed E-state index contributed by atoms with van der Waals surface area (Å²) in [5, 5.41) is 0. The smallest absolute Gasteiger partial charge is 0.123 e. The summed E-state index contributed by atoms with van der Waals surface area (Å²) >= 11 is 0. The molecule has 3 nitrogen and oxygen atoms in total. The molecule has 0 radical (unpaired) electrons. The fraction of sp³-hybridized carbons (Fsp3) is 0.333. The van der Waals surface area contributed by atoms with Gasteiger partial charge in [-0.25, -0.2) is 0 Å². The van der Waals surface area contributed by atoms with Crippen molar-refractivity contribution in [2.75, 3.05) is 13.2 Å². The van der Waals surface area contributed by atoms with Gasteiger partial charge in [0, 0.05) is 23.6 Å². The first-order valence-electron chi connectivity index (χ1n) is 7.42. The van der Waals surface area contributed by atoms with E-state index in [4.69, 9.17) is 15.2 Å². The molecule has 0 bridgehead atoms. The van der Waals surface area contributed by atoms with Gasteiger partial charge in [0.25, 0.3) is 0 Å². The second-order valence-electron chi connectivity index (χ2n) is 5.50. The SMILES string of the molecule is Cc1ccc(OCC2CCOc3ccccc32)c(CN)c1. The van der Waals surface area contributed by atoms with Crippen LogP contribution in [0, 0.1) is 6.92 Å². The van der Waals surface area contributed by atoms with Crippen molar-refractivity contribution < 1.29 is 9.47 Å². The van der Waals surface area contributed by atoms with Gasteiger partial charge in [0.2, 0.25) is 0 Å². The normalized spacial score (nSPS) is 17.0. The van der Waals surface area contributed by atoms with Crippen LogP contribution in [0.5, 0.6) is 11.5 Å². The van der Waals surface area contributed by atoms with E-state index < -0.39 is 0 Å². The van der Waals surface area contributed by atoms with Crippen LogP contribution < -0.4 is 15.2 Å². The Kier molecular flexibility index (Phi) is 4.11. The van der Waals surface area contributed by atoms with Gasteiger partial charge in [-0.15, -0.1) is 0 Å². The molecule has 1 aliphatic rings. The maximum Gasteiger partial charge on any atom is 0.123 e. The van der Waals surface area contributed by atoms with Crippen LogP contribution in [0.3, 0.4) is 0 Å². The number of nitrogens with two attached hydrogens (primary N) is 1. The zero-order valence-electron chi connectivity index (χ0n) is 12.3. The molecule has 3 heteroatoms. The monoisotopic (exact) mass is 283 g/mol. The number of para-hydroxylation sites is 1. The van der Waals surface area contributed by atoms with E-state index in [2.05, 4.69) is 31.2 Å². The van der Waals surface area contributed by atoms with Gasteiger partial charge in [-0.3, -0.25) is 0 Å². The number of fused-ring (bicyclic) bond motifs is 1. The molecule has 110 valence electrons. The lowest BCUT2D eigenvalue weighted by Crippen LogP contribution is -2.20. The largest absolute Gasteiger partial charge is 0.493 e. The Morgan fingerprint density at radius 3 is 2.95 bits per heavy atom. The van der Waals surface area contributed by atoms with E-state index in [1.807, 2.05) is 18.2 Å². The maximum absolute atomic E-state index is 6.04. The molecule has 0 fully saturated rings. The molecular weight excluding hydrogens is 262 g/mol. The quantitative estimate of drug-likeness (QED) is 0.935. The summed E-state index contributed by atoms with van der Waals surface area (Å²) in [6.07, 6.45) is 0.987. The summed E-state index contributed by atoms with van der Waals surface area (Å²) in [4.78, 5) is 0. The molecule has 1 heterocycles. The second-order valence-corrected chi connectivity index (χ2v) is 5.50. The Balaban J connectivity index is 1.74. The highest BCUT2D eigenvalue weighted by Gasteiger charge is 2.21. The summed E-state index contributed by atoms with van der Waals surface area (Å²) < 4.78 is 11.7. The van der Waals surface area contributed by atoms with Crippen LogP contribution in [-0.2, 0) is 6.54 Å². The fourth-order valence-electron chi connectivity index (χ4n) is 2.79. The predicted molar refractivity (Wildman–Crippen MR) is 83.9 cm³/mol. The molecular formula is C18H21NO2. The Morgan fingerprint density at radius 2 is 2.10 bits per heavy atom. The van der Waals surface area contributed by atoms with Crippen molar-refractivity contribution in [3.05, 3.63) is 59.2 Å². The molecule has 0 saturated heterocycles. The lowest BCUT2D eigenvalue weighted by molar-refractivity contribution is 0.216. The van der Waals surface area contributed by atoms with E-state index >= 15 is 0 Å². The molecule has 1 unspecified atom stereocenters. The number of aryl methyl sites for hydroxylation is 1. The van der Waals surface area contributed by atoms with Crippen LogP contribution in [0.4, 0.5) is 0 Å². The summed E-state index contributed by atoms with van der Waals surface area (Å²) in [5.74, 6) is 2.26. The van der Waals surface area contributed by atoms with Crippen LogP contribution in [0.2, 0.25) is 0 Å². The van der Waals surface area contributed by atoms with Crippen LogP contribution >= 0.6 is 0 Å². The van der Waals surface area contributed by atoms with Gasteiger partial charge in [0.15, 0.2) is 0 Å². The summed E-state index contributed by atoms with van der Waals surface area (Å²) in [6, 6.07) is 14.4. The highest BCUT2D eigenvalue weighted by molar-refractivity contribution is 5.39. The molecule has 1 aliphatic heterocycles. The second kappa shape index (κ2) is 6.19. The first kappa shape index (κ1) is 14.0. The van der Waals surface area contributed by atoms with E-state index in [1.54, 1.807) is 0 Å². The molecule has 0 spiro atoms. The molecule has 2 aromatic rings. The molecule has 3 rings (SSSR count). The number of hydrogen-bond donors (Lipinski definition) is 1. The lowest BCUT2D eigenvalue weighted by atomic mass is 9.94. The third-order valence-electron chi connectivity index (χ3n) is 3.96. The Hall–Kier alpha value is -2.00. The molecule has 1 atom stereocenters. The molecule has 21 heavy (non-hydrogen) atoms. The predicted octanol–water partition coefficient (Wildman–Crippen LogP) is 3.40. The van der Waals surface area contributed by atoms with Crippen molar-refractivity contribution in [3.8, 4) is 11.5 Å². The number of ether oxygens (including phenoxy) is 2. The molecule has 0 saturated carbocycles. The zero-order valence-corrected chi connectivity index (χ0v) is 12.3. The van der Waals surface area contributed by atoms with Crippen LogP contribution in [0.25, 0.3) is 0 Å². The third kappa shape index (κ3) is 3.03. The Bertz CT molecular complexity index is 624. The van der Waals surface area contributed by atoms with Gasteiger partial charge in [0.1, 0.15) is 11.5 Å². The number of benzene rings is 2. The lowest BCUT2D eigenvalue weighted by Gasteiger charge is -2.26. The van der Waals surface area contributed by atoms with Gasteiger partial charge >= 0.3 is 0 Å². The average Bonchev–Trinajstić information content (AvgIpc) is 2.53. The minimum absolute atomic E-state index is 0.377. The van der Waals surface area contributed by atoms with Crippen molar-refractivity contribution >= 4 is 0 Å². The fourth-order valence-corrected chi connectivity index (χ4v) is 2.79. The van der Waals surface area contributed by atoms with Gasteiger partial charge in [0.05, 0.1) is 13.2 Å². The minimum atomic E-state index is 0.377. The van der Waals surface area contributed by atoms with Crippen molar-refractivity contribution in [2.24, 2.45) is 5.73 Å². The Morgan fingerprint density at radius 1 is 1.24 bits per heavy atom. The van der Waals surface area contributed by atoms with E-state index in [0.29, 0.717) is 19.1 Å². The molecule has 2 aromatic carbocycles. The molecule has 0 amide bonds. The minimum Gasteiger partial charge on any atom is -0.493 e. The van der Waals surface area contributed by atoms with Gasteiger partial charge in [-0.2, -0.15) is 0 Å². The summed E-state index contributed by atoms with van der Waals surface area (Å²) in [6.45, 7) is 3.98. The van der Waals surface area contributed by atoms with Gasteiger partial charge in [-0.05, 0) is 25.5 Å². The molecule has 0 aliphatic carbocycles. The molecule has 0 aromatic heterocycles. The van der Waals surface area contributed by atoms with E-state index in [-0.39, 0.29) is 0 Å². The van der Waals surface area contributed by atoms with Crippen molar-refractivity contribution in [1.82, 2.24) is 0 Å². The maximum atomic E-state index is 6.04.